The topological polar surface area (TPSA) is 55.9 Å². The number of likely N-dealkylation sites (N-methyl/N-ethyl adjacent to an activating group) is 1. The smallest absolute Gasteiger partial charge is 0.246 e. The maximum atomic E-state index is 14.1. The van der Waals surface area contributed by atoms with E-state index in [-0.39, 0.29) is 28.6 Å². The molecule has 3 aliphatic carbocycles. The van der Waals surface area contributed by atoms with Crippen molar-refractivity contribution in [2.24, 2.45) is 34.5 Å². The van der Waals surface area contributed by atoms with E-state index >= 15 is 0 Å². The van der Waals surface area contributed by atoms with Crippen molar-refractivity contribution >= 4 is 29.1 Å². The molecule has 196 valence electrons. The molecule has 3 saturated carbocycles. The minimum atomic E-state index is 0.0309. The average molecular weight is 503 g/mol. The number of carbonyl (C=O) groups is 2. The molecule has 4 aliphatic rings. The Balaban J connectivity index is 1.54. The first-order valence-corrected chi connectivity index (χ1v) is 14.1. The Morgan fingerprint density at radius 1 is 1.14 bits per heavy atom. The highest BCUT2D eigenvalue weighted by Crippen LogP contribution is 2.65. The number of thiocarbonyl (C=S) groups is 1. The van der Waals surface area contributed by atoms with Gasteiger partial charge in [0.2, 0.25) is 11.8 Å². The van der Waals surface area contributed by atoms with Gasteiger partial charge in [-0.05, 0) is 114 Å². The van der Waals surface area contributed by atoms with E-state index in [4.69, 9.17) is 12.2 Å². The lowest BCUT2D eigenvalue weighted by Crippen LogP contribution is -2.60. The Kier molecular flexibility index (Phi) is 7.69. The quantitative estimate of drug-likeness (QED) is 0.558. The second-order valence-electron chi connectivity index (χ2n) is 12.3. The van der Waals surface area contributed by atoms with Gasteiger partial charge in [-0.25, -0.2) is 0 Å². The molecule has 3 fully saturated rings. The van der Waals surface area contributed by atoms with E-state index in [0.29, 0.717) is 35.5 Å². The molecule has 0 aromatic heterocycles. The van der Waals surface area contributed by atoms with Crippen LogP contribution in [0.4, 0.5) is 0 Å². The van der Waals surface area contributed by atoms with Crippen molar-refractivity contribution in [2.45, 2.75) is 71.8 Å². The summed E-state index contributed by atoms with van der Waals surface area (Å²) in [5.74, 6) is 2.20. The fourth-order valence-corrected chi connectivity index (χ4v) is 8.76. The Hall–Kier alpha value is -1.47. The van der Waals surface area contributed by atoms with Crippen molar-refractivity contribution < 1.29 is 9.59 Å². The normalized spacial score (nSPS) is 38.1. The molecule has 0 saturated heterocycles. The fraction of sp³-hybridized carbons (Fsp3) is 0.821. The van der Waals surface area contributed by atoms with Gasteiger partial charge in [-0.1, -0.05) is 19.9 Å². The monoisotopic (exact) mass is 502 g/mol. The predicted molar refractivity (Wildman–Crippen MR) is 145 cm³/mol. The van der Waals surface area contributed by atoms with Gasteiger partial charge in [0.25, 0.3) is 0 Å². The van der Waals surface area contributed by atoms with Crippen molar-refractivity contribution in [1.82, 2.24) is 20.0 Å². The molecule has 0 spiro atoms. The van der Waals surface area contributed by atoms with Crippen LogP contribution in [0, 0.1) is 34.5 Å². The van der Waals surface area contributed by atoms with E-state index in [9.17, 15) is 9.59 Å². The van der Waals surface area contributed by atoms with Crippen LogP contribution in [0.3, 0.4) is 0 Å². The standard InChI is InChI=1S/C28H46N4O2S/c1-7-29-26(35)32(18-8-17-30(4)5)25(34)22-11-10-20-19-9-12-23-28(3,16-14-24(33)31(23)6)21(19)13-15-27(20,22)2/h14,16,19-23H,7-13,15,17-18H2,1-6H3,(H,29,35)/t19-,20-,21-,22+,23+,27-,28+/m0/s1. The number of carbonyl (C=O) groups excluding carboxylic acids is 2. The second-order valence-corrected chi connectivity index (χ2v) is 12.7. The highest BCUT2D eigenvalue weighted by atomic mass is 32.1. The Labute approximate surface area is 217 Å². The van der Waals surface area contributed by atoms with Crippen molar-refractivity contribution in [1.29, 1.82) is 0 Å². The van der Waals surface area contributed by atoms with Crippen molar-refractivity contribution in [2.75, 3.05) is 40.8 Å². The van der Waals surface area contributed by atoms with Crippen LogP contribution in [0.1, 0.15) is 65.7 Å². The van der Waals surface area contributed by atoms with Gasteiger partial charge < -0.3 is 15.1 Å². The molecule has 1 N–H and O–H groups in total. The van der Waals surface area contributed by atoms with Gasteiger partial charge in [0, 0.05) is 37.5 Å². The summed E-state index contributed by atoms with van der Waals surface area (Å²) in [5.41, 5.74) is 0.0724. The molecule has 0 bridgehead atoms. The third-order valence-corrected chi connectivity index (χ3v) is 10.6. The van der Waals surface area contributed by atoms with Crippen molar-refractivity contribution in [3.63, 3.8) is 0 Å². The lowest BCUT2D eigenvalue weighted by Gasteiger charge is -2.60. The molecule has 2 amide bonds. The average Bonchev–Trinajstić information content (AvgIpc) is 3.16. The van der Waals surface area contributed by atoms with Crippen LogP contribution in [0.15, 0.2) is 12.2 Å². The van der Waals surface area contributed by atoms with Crippen LogP contribution < -0.4 is 5.32 Å². The summed E-state index contributed by atoms with van der Waals surface area (Å²) >= 11 is 5.68. The summed E-state index contributed by atoms with van der Waals surface area (Å²) in [7, 11) is 6.12. The minimum Gasteiger partial charge on any atom is -0.362 e. The maximum Gasteiger partial charge on any atom is 0.246 e. The summed E-state index contributed by atoms with van der Waals surface area (Å²) in [5, 5.41) is 3.83. The summed E-state index contributed by atoms with van der Waals surface area (Å²) in [6.07, 6.45) is 11.5. The highest BCUT2D eigenvalue weighted by molar-refractivity contribution is 7.80. The van der Waals surface area contributed by atoms with Crippen LogP contribution in [-0.2, 0) is 9.59 Å². The summed E-state index contributed by atoms with van der Waals surface area (Å²) in [4.78, 5) is 32.4. The Bertz CT molecular complexity index is 875. The maximum absolute atomic E-state index is 14.1. The van der Waals surface area contributed by atoms with Crippen LogP contribution in [0.5, 0.6) is 0 Å². The molecule has 4 rings (SSSR count). The lowest BCUT2D eigenvalue weighted by molar-refractivity contribution is -0.145. The van der Waals surface area contributed by atoms with E-state index in [1.54, 1.807) is 6.08 Å². The third-order valence-electron chi connectivity index (χ3n) is 10.3. The van der Waals surface area contributed by atoms with E-state index in [2.05, 4.69) is 44.2 Å². The minimum absolute atomic E-state index is 0.0309. The van der Waals surface area contributed by atoms with E-state index in [1.807, 2.05) is 23.8 Å². The molecular formula is C28H46N4O2S. The number of hydrogen-bond acceptors (Lipinski definition) is 4. The fourth-order valence-electron chi connectivity index (χ4n) is 8.44. The molecule has 0 unspecified atom stereocenters. The third kappa shape index (κ3) is 4.56. The van der Waals surface area contributed by atoms with E-state index in [1.165, 1.54) is 6.42 Å². The molecule has 6 nitrogen and oxygen atoms in total. The van der Waals surface area contributed by atoms with Crippen molar-refractivity contribution in [3.8, 4) is 0 Å². The highest BCUT2D eigenvalue weighted by Gasteiger charge is 2.61. The van der Waals surface area contributed by atoms with E-state index < -0.39 is 0 Å². The molecule has 1 heterocycles. The summed E-state index contributed by atoms with van der Waals surface area (Å²) in [6.45, 7) is 9.17. The zero-order chi connectivity index (χ0) is 25.5. The molecule has 0 aromatic rings. The van der Waals surface area contributed by atoms with Gasteiger partial charge in [0.15, 0.2) is 5.11 Å². The van der Waals surface area contributed by atoms with Gasteiger partial charge >= 0.3 is 0 Å². The van der Waals surface area contributed by atoms with Crippen LogP contribution in [0.2, 0.25) is 0 Å². The first-order chi connectivity index (χ1) is 16.5. The number of nitrogens with zero attached hydrogens (tertiary/aromatic N) is 3. The van der Waals surface area contributed by atoms with E-state index in [0.717, 1.165) is 51.6 Å². The molecule has 7 heteroatoms. The van der Waals surface area contributed by atoms with Crippen LogP contribution in [-0.4, -0.2) is 78.4 Å². The zero-order valence-electron chi connectivity index (χ0n) is 22.7. The van der Waals surface area contributed by atoms with Crippen LogP contribution >= 0.6 is 12.2 Å². The zero-order valence-corrected chi connectivity index (χ0v) is 23.5. The summed E-state index contributed by atoms with van der Waals surface area (Å²) < 4.78 is 0. The first-order valence-electron chi connectivity index (χ1n) is 13.7. The van der Waals surface area contributed by atoms with Crippen LogP contribution in [0.25, 0.3) is 0 Å². The molecule has 0 aromatic carbocycles. The number of amides is 2. The molecule has 7 atom stereocenters. The summed E-state index contributed by atoms with van der Waals surface area (Å²) in [6, 6.07) is 0.300. The molecular weight excluding hydrogens is 456 g/mol. The number of nitrogens with one attached hydrogen (secondary N) is 1. The van der Waals surface area contributed by atoms with Gasteiger partial charge in [-0.2, -0.15) is 0 Å². The van der Waals surface area contributed by atoms with Gasteiger partial charge in [0.05, 0.1) is 0 Å². The van der Waals surface area contributed by atoms with Gasteiger partial charge in [0.1, 0.15) is 0 Å². The Morgan fingerprint density at radius 2 is 1.89 bits per heavy atom. The largest absolute Gasteiger partial charge is 0.362 e. The Morgan fingerprint density at radius 3 is 2.57 bits per heavy atom. The van der Waals surface area contributed by atoms with Gasteiger partial charge in [-0.3, -0.25) is 14.5 Å². The first kappa shape index (κ1) is 26.6. The lowest BCUT2D eigenvalue weighted by atomic mass is 9.47. The van der Waals surface area contributed by atoms with Gasteiger partial charge in [-0.15, -0.1) is 0 Å². The predicted octanol–water partition coefficient (Wildman–Crippen LogP) is 3.92. The molecule has 1 aliphatic heterocycles. The van der Waals surface area contributed by atoms with Crippen molar-refractivity contribution in [3.05, 3.63) is 12.2 Å². The number of hydrogen-bond donors (Lipinski definition) is 1. The second kappa shape index (κ2) is 10.1. The number of fused-ring (bicyclic) bond motifs is 5. The molecule has 35 heavy (non-hydrogen) atoms. The SMILES string of the molecule is CCNC(=S)N(CCCN(C)C)C(=O)[C@H]1CC[C@H]2[C@@H]3CC[C@H]4N(C)C(=O)C=C[C@]4(C)[C@H]3CC[C@]12C. The molecule has 0 radical (unpaired) electrons. The number of rotatable bonds is 6.